The molecule has 0 bridgehead atoms. The lowest BCUT2D eigenvalue weighted by Gasteiger charge is -2.31. The van der Waals surface area contributed by atoms with Crippen LogP contribution in [0.3, 0.4) is 0 Å². The van der Waals surface area contributed by atoms with Gasteiger partial charge in [-0.3, -0.25) is 0 Å². The molecule has 1 fully saturated rings. The summed E-state index contributed by atoms with van der Waals surface area (Å²) < 4.78 is 16.8. The van der Waals surface area contributed by atoms with Gasteiger partial charge in [0.15, 0.2) is 0 Å². The summed E-state index contributed by atoms with van der Waals surface area (Å²) in [6, 6.07) is 9.54. The zero-order valence-electron chi connectivity index (χ0n) is 17.2. The second kappa shape index (κ2) is 9.68. The first-order valence-corrected chi connectivity index (χ1v) is 12.2. The lowest BCUT2D eigenvalue weighted by atomic mass is 9.79. The van der Waals surface area contributed by atoms with Crippen molar-refractivity contribution < 1.29 is 23.5 Å². The molecule has 0 heterocycles. The van der Waals surface area contributed by atoms with Crippen molar-refractivity contribution in [2.45, 2.75) is 58.2 Å². The van der Waals surface area contributed by atoms with Crippen molar-refractivity contribution in [3.63, 3.8) is 0 Å². The smallest absolute Gasteiger partial charge is 0.330 e. The molecule has 0 amide bonds. The van der Waals surface area contributed by atoms with Crippen LogP contribution in [0.15, 0.2) is 42.5 Å². The zero-order valence-corrected chi connectivity index (χ0v) is 18.9. The number of benzene rings is 1. The van der Waals surface area contributed by atoms with Crippen molar-refractivity contribution in [3.05, 3.63) is 48.0 Å². The Hall–Kier alpha value is -0.975. The quantitative estimate of drug-likeness (QED) is 0.311. The number of rotatable bonds is 7. The van der Waals surface area contributed by atoms with Gasteiger partial charge in [-0.2, -0.15) is 0 Å². The third-order valence-corrected chi connectivity index (χ3v) is 6.60. The summed E-state index contributed by atoms with van der Waals surface area (Å²) in [6.45, 7) is 4.41. The zero-order chi connectivity index (χ0) is 20.9. The third kappa shape index (κ3) is 7.45. The van der Waals surface area contributed by atoms with E-state index in [1.165, 1.54) is 6.08 Å². The van der Waals surface area contributed by atoms with Crippen molar-refractivity contribution in [1.82, 2.24) is 0 Å². The van der Waals surface area contributed by atoms with Crippen LogP contribution < -0.4 is 0 Å². The van der Waals surface area contributed by atoms with Crippen molar-refractivity contribution >= 4 is 32.3 Å². The molecule has 2 unspecified atom stereocenters. The van der Waals surface area contributed by atoms with Gasteiger partial charge in [-0.1, -0.05) is 49.1 Å². The minimum atomic E-state index is -3.38. The lowest BCUT2D eigenvalue weighted by molar-refractivity contribution is -0.139. The van der Waals surface area contributed by atoms with E-state index in [9.17, 15) is 9.69 Å². The van der Waals surface area contributed by atoms with Crippen molar-refractivity contribution in [3.8, 4) is 0 Å². The van der Waals surface area contributed by atoms with Gasteiger partial charge in [-0.15, -0.1) is 0 Å². The fourth-order valence-electron chi connectivity index (χ4n) is 3.35. The lowest BCUT2D eigenvalue weighted by Crippen LogP contribution is -2.25. The molecule has 5 atom stereocenters. The van der Waals surface area contributed by atoms with Gasteiger partial charge in [0.25, 0.3) is 0 Å². The molecule has 0 aliphatic heterocycles. The maximum atomic E-state index is 12.1. The standard InChI is InChI=1S/C20H30BO5PS/c1-14-17(21)12-16(19(14)25-27(23,28)26-20(2,3)4)10-11-18(22)24-13-15-8-6-5-7-9-15/h5-11,14,16-17,19H,12-13,21H2,1-4H3,(H,23,28)/b11-10+/t14-,16+,17-,19?,27?/m1/s1. The molecular formula is C20H30BO5PS. The Morgan fingerprint density at radius 1 is 1.36 bits per heavy atom. The van der Waals surface area contributed by atoms with E-state index in [0.29, 0.717) is 5.82 Å². The average Bonchev–Trinajstić information content (AvgIpc) is 2.84. The van der Waals surface area contributed by atoms with Crippen LogP contribution in [-0.4, -0.2) is 30.4 Å². The highest BCUT2D eigenvalue weighted by atomic mass is 32.5. The molecule has 5 nitrogen and oxygen atoms in total. The topological polar surface area (TPSA) is 65.0 Å². The summed E-state index contributed by atoms with van der Waals surface area (Å²) in [5.41, 5.74) is 0.346. The first kappa shape index (κ1) is 23.3. The molecule has 1 aliphatic rings. The molecule has 1 saturated carbocycles. The molecule has 1 N–H and O–H groups in total. The van der Waals surface area contributed by atoms with Crippen LogP contribution in [0.2, 0.25) is 5.82 Å². The first-order chi connectivity index (χ1) is 13.0. The van der Waals surface area contributed by atoms with Gasteiger partial charge in [0.05, 0.1) is 11.7 Å². The highest BCUT2D eigenvalue weighted by Crippen LogP contribution is 2.54. The van der Waals surface area contributed by atoms with E-state index in [1.54, 1.807) is 0 Å². The number of hydrogen-bond donors (Lipinski definition) is 1. The van der Waals surface area contributed by atoms with Crippen LogP contribution in [0.1, 0.15) is 39.7 Å². The number of hydrogen-bond acceptors (Lipinski definition) is 5. The minimum Gasteiger partial charge on any atom is -0.458 e. The van der Waals surface area contributed by atoms with Crippen LogP contribution in [0.25, 0.3) is 0 Å². The minimum absolute atomic E-state index is 0.0349. The van der Waals surface area contributed by atoms with Gasteiger partial charge in [-0.05, 0) is 50.5 Å². The monoisotopic (exact) mass is 424 g/mol. The average molecular weight is 424 g/mol. The van der Waals surface area contributed by atoms with E-state index in [1.807, 2.05) is 57.2 Å². The summed E-state index contributed by atoms with van der Waals surface area (Å²) in [7, 11) is 2.13. The van der Waals surface area contributed by atoms with E-state index in [-0.39, 0.29) is 24.5 Å². The Kier molecular flexibility index (Phi) is 8.06. The Bertz CT molecular complexity index is 734. The van der Waals surface area contributed by atoms with Gasteiger partial charge in [0.1, 0.15) is 14.5 Å². The fraction of sp³-hybridized carbons (Fsp3) is 0.550. The van der Waals surface area contributed by atoms with E-state index in [0.717, 1.165) is 12.0 Å². The Morgan fingerprint density at radius 3 is 2.61 bits per heavy atom. The largest absolute Gasteiger partial charge is 0.458 e. The predicted octanol–water partition coefficient (Wildman–Crippen LogP) is 3.78. The van der Waals surface area contributed by atoms with Crippen molar-refractivity contribution in [2.75, 3.05) is 0 Å². The second-order valence-corrected chi connectivity index (χ2v) is 11.1. The van der Waals surface area contributed by atoms with Gasteiger partial charge in [0.2, 0.25) is 0 Å². The first-order valence-electron chi connectivity index (χ1n) is 9.58. The number of ether oxygens (including phenoxy) is 1. The Labute approximate surface area is 174 Å². The normalized spacial score (nSPS) is 27.6. The molecule has 1 aliphatic carbocycles. The van der Waals surface area contributed by atoms with Crippen LogP contribution in [-0.2, 0) is 37.0 Å². The molecule has 154 valence electrons. The van der Waals surface area contributed by atoms with Gasteiger partial charge in [-0.25, -0.2) is 4.79 Å². The summed E-state index contributed by atoms with van der Waals surface area (Å²) in [6.07, 6.45) is 3.80. The third-order valence-electron chi connectivity index (χ3n) is 4.83. The molecule has 0 aromatic heterocycles. The highest BCUT2D eigenvalue weighted by Gasteiger charge is 2.41. The molecule has 1 aromatic rings. The van der Waals surface area contributed by atoms with Crippen LogP contribution in [0, 0.1) is 11.8 Å². The highest BCUT2D eigenvalue weighted by molar-refractivity contribution is 8.07. The second-order valence-electron chi connectivity index (χ2n) is 8.43. The van der Waals surface area contributed by atoms with Gasteiger partial charge in [0, 0.05) is 12.0 Å². The molecule has 0 spiro atoms. The van der Waals surface area contributed by atoms with Gasteiger partial charge < -0.3 is 18.7 Å². The molecule has 28 heavy (non-hydrogen) atoms. The Balaban J connectivity index is 1.98. The van der Waals surface area contributed by atoms with Crippen LogP contribution in [0.4, 0.5) is 0 Å². The van der Waals surface area contributed by atoms with Crippen LogP contribution in [0.5, 0.6) is 0 Å². The molecular weight excluding hydrogens is 394 g/mol. The maximum Gasteiger partial charge on any atom is 0.330 e. The number of carbonyl (C=O) groups is 1. The number of esters is 1. The van der Waals surface area contributed by atoms with Crippen molar-refractivity contribution in [2.24, 2.45) is 11.8 Å². The van der Waals surface area contributed by atoms with Crippen LogP contribution >= 0.6 is 6.72 Å². The molecule has 0 saturated heterocycles. The van der Waals surface area contributed by atoms with E-state index < -0.39 is 18.3 Å². The van der Waals surface area contributed by atoms with E-state index in [4.69, 9.17) is 25.6 Å². The molecule has 0 radical (unpaired) electrons. The maximum absolute atomic E-state index is 12.1. The molecule has 1 aromatic carbocycles. The summed E-state index contributed by atoms with van der Waals surface area (Å²) in [5, 5.41) is 0. The van der Waals surface area contributed by atoms with E-state index >= 15 is 0 Å². The summed E-state index contributed by atoms with van der Waals surface area (Å²) in [4.78, 5) is 22.6. The molecule has 8 heteroatoms. The van der Waals surface area contributed by atoms with Crippen molar-refractivity contribution in [1.29, 1.82) is 0 Å². The summed E-state index contributed by atoms with van der Waals surface area (Å²) in [5.74, 6) is 0.133. The van der Waals surface area contributed by atoms with E-state index in [2.05, 4.69) is 14.8 Å². The SMILES string of the molecule is B[C@@H]1C[C@H](/C=C/C(=O)OCc2ccccc2)C(OP(O)(=S)OC(C)(C)C)[C@@H]1C. The fourth-order valence-corrected chi connectivity index (χ4v) is 5.71. The predicted molar refractivity (Wildman–Crippen MR) is 117 cm³/mol. The summed E-state index contributed by atoms with van der Waals surface area (Å²) >= 11 is 5.21. The molecule has 2 rings (SSSR count). The van der Waals surface area contributed by atoms with Gasteiger partial charge >= 0.3 is 12.7 Å². The number of carbonyl (C=O) groups excluding carboxylic acids is 1. The Morgan fingerprint density at radius 2 is 2.00 bits per heavy atom.